The highest BCUT2D eigenvalue weighted by Gasteiger charge is 2.21. The van der Waals surface area contributed by atoms with Crippen LogP contribution in [-0.2, 0) is 14.0 Å². The number of rotatable bonds is 8. The Bertz CT molecular complexity index is 250. The zero-order valence-electron chi connectivity index (χ0n) is 11.5. The lowest BCUT2D eigenvalue weighted by Gasteiger charge is -2.31. The SMILES string of the molecule is C.C#CON.CCC[N+](C)(C)CC(O)COP(O)OO. The summed E-state index contributed by atoms with van der Waals surface area (Å²) in [6.45, 7) is 3.52. The lowest BCUT2D eigenvalue weighted by Crippen LogP contribution is -2.46. The molecular formula is C11H28N2O6P+. The van der Waals surface area contributed by atoms with E-state index in [2.05, 4.69) is 33.3 Å². The molecule has 0 aromatic carbocycles. The molecule has 0 radical (unpaired) electrons. The van der Waals surface area contributed by atoms with Crippen LogP contribution in [0.3, 0.4) is 0 Å². The first-order chi connectivity index (χ1) is 8.82. The molecule has 0 aliphatic heterocycles. The zero-order valence-corrected chi connectivity index (χ0v) is 12.4. The lowest BCUT2D eigenvalue weighted by atomic mass is 10.3. The molecule has 0 bridgehead atoms. The van der Waals surface area contributed by atoms with Gasteiger partial charge in [-0.05, 0) is 6.42 Å². The van der Waals surface area contributed by atoms with Gasteiger partial charge in [0.2, 0.25) is 0 Å². The summed E-state index contributed by atoms with van der Waals surface area (Å²) in [6.07, 6.45) is 6.49. The summed E-state index contributed by atoms with van der Waals surface area (Å²) in [7, 11) is 1.75. The van der Waals surface area contributed by atoms with Crippen molar-refractivity contribution in [2.75, 3.05) is 33.8 Å². The van der Waals surface area contributed by atoms with E-state index in [-0.39, 0.29) is 14.0 Å². The van der Waals surface area contributed by atoms with Crippen LogP contribution in [0.1, 0.15) is 20.8 Å². The quantitative estimate of drug-likeness (QED) is 0.171. The molecule has 0 spiro atoms. The third-order valence-electron chi connectivity index (χ3n) is 2.05. The summed E-state index contributed by atoms with van der Waals surface area (Å²) in [5.74, 6) is 4.29. The van der Waals surface area contributed by atoms with Crippen LogP contribution < -0.4 is 5.90 Å². The van der Waals surface area contributed by atoms with E-state index < -0.39 is 14.7 Å². The number of hydrogen-bond acceptors (Lipinski definition) is 7. The minimum absolute atomic E-state index is 0. The topological polar surface area (TPSA) is 114 Å². The van der Waals surface area contributed by atoms with Crippen LogP contribution in [0, 0.1) is 12.5 Å². The molecule has 0 heterocycles. The van der Waals surface area contributed by atoms with Crippen molar-refractivity contribution in [3.8, 4) is 12.5 Å². The smallest absolute Gasteiger partial charge is 0.359 e. The van der Waals surface area contributed by atoms with E-state index in [4.69, 9.17) is 10.2 Å². The van der Waals surface area contributed by atoms with Crippen LogP contribution >= 0.6 is 8.60 Å². The maximum atomic E-state index is 9.58. The standard InChI is InChI=1S/C8H20NO5P.C2H3NO.CH4/c1-4-5-9(2,3)6-8(10)7-13-15(12)14-11;1-2-4-3;/h8,10,12H,4-7H2,1-3H3;1H,3H2;1H4/p+1. The Hall–Kier alpha value is -0.490. The Morgan fingerprint density at radius 1 is 1.45 bits per heavy atom. The van der Waals surface area contributed by atoms with Gasteiger partial charge in [-0.1, -0.05) is 20.8 Å². The highest BCUT2D eigenvalue weighted by Crippen LogP contribution is 2.30. The highest BCUT2D eigenvalue weighted by atomic mass is 31.2. The summed E-state index contributed by atoms with van der Waals surface area (Å²) in [6, 6.07) is 0. The van der Waals surface area contributed by atoms with Crippen LogP contribution in [0.4, 0.5) is 0 Å². The Kier molecular flexibility index (Phi) is 18.3. The van der Waals surface area contributed by atoms with Gasteiger partial charge in [-0.15, -0.1) is 0 Å². The lowest BCUT2D eigenvalue weighted by molar-refractivity contribution is -0.893. The van der Waals surface area contributed by atoms with Crippen molar-refractivity contribution in [1.82, 2.24) is 0 Å². The third-order valence-corrected chi connectivity index (χ3v) is 2.56. The zero-order chi connectivity index (χ0) is 15.3. The Balaban J connectivity index is -0.000000508. The second-order valence-electron chi connectivity index (χ2n) is 4.35. The van der Waals surface area contributed by atoms with E-state index in [0.29, 0.717) is 11.0 Å². The normalized spacial score (nSPS) is 13.1. The van der Waals surface area contributed by atoms with E-state index in [0.717, 1.165) is 13.0 Å². The average molecular weight is 315 g/mol. The van der Waals surface area contributed by atoms with Crippen molar-refractivity contribution >= 4 is 8.60 Å². The van der Waals surface area contributed by atoms with Crippen LogP contribution in [0.25, 0.3) is 0 Å². The Labute approximate surface area is 122 Å². The number of hydrogen-bond donors (Lipinski definition) is 4. The van der Waals surface area contributed by atoms with Crippen molar-refractivity contribution in [3.05, 3.63) is 0 Å². The molecule has 0 fully saturated rings. The van der Waals surface area contributed by atoms with E-state index in [1.54, 1.807) is 6.11 Å². The summed E-state index contributed by atoms with van der Waals surface area (Å²) >= 11 is 0. The van der Waals surface area contributed by atoms with Gasteiger partial charge >= 0.3 is 8.60 Å². The number of likely N-dealkylation sites (N-methyl/N-ethyl adjacent to an activating group) is 1. The van der Waals surface area contributed by atoms with Crippen LogP contribution in [0.5, 0.6) is 0 Å². The molecule has 122 valence electrons. The average Bonchev–Trinajstić information content (AvgIpc) is 2.35. The maximum absolute atomic E-state index is 9.58. The largest absolute Gasteiger partial charge is 0.385 e. The number of aliphatic hydroxyl groups is 1. The molecule has 0 aliphatic carbocycles. The van der Waals surface area contributed by atoms with Gasteiger partial charge < -0.3 is 23.8 Å². The molecule has 0 saturated carbocycles. The van der Waals surface area contributed by atoms with E-state index in [1.165, 1.54) is 0 Å². The first-order valence-electron chi connectivity index (χ1n) is 5.57. The second kappa shape index (κ2) is 14.9. The van der Waals surface area contributed by atoms with Gasteiger partial charge in [-0.2, -0.15) is 10.6 Å². The fourth-order valence-electron chi connectivity index (χ4n) is 1.49. The summed E-state index contributed by atoms with van der Waals surface area (Å²) in [5, 5.41) is 17.6. The molecule has 0 aromatic heterocycles. The first kappa shape index (κ1) is 24.5. The van der Waals surface area contributed by atoms with E-state index >= 15 is 0 Å². The summed E-state index contributed by atoms with van der Waals surface area (Å²) < 4.78 is 8.91. The van der Waals surface area contributed by atoms with Crippen molar-refractivity contribution in [1.29, 1.82) is 0 Å². The minimum Gasteiger partial charge on any atom is -0.385 e. The second-order valence-corrected chi connectivity index (χ2v) is 5.24. The molecular weight excluding hydrogens is 287 g/mol. The van der Waals surface area contributed by atoms with Crippen molar-refractivity contribution < 1.29 is 33.8 Å². The maximum Gasteiger partial charge on any atom is 0.359 e. The Morgan fingerprint density at radius 2 is 1.95 bits per heavy atom. The van der Waals surface area contributed by atoms with Crippen molar-refractivity contribution in [2.45, 2.75) is 26.9 Å². The fourth-order valence-corrected chi connectivity index (χ4v) is 1.84. The van der Waals surface area contributed by atoms with Gasteiger partial charge in [0.25, 0.3) is 0 Å². The molecule has 0 rings (SSSR count). The fraction of sp³-hybridized carbons (Fsp3) is 0.818. The van der Waals surface area contributed by atoms with E-state index in [1.807, 2.05) is 14.1 Å². The minimum atomic E-state index is -2.27. The Morgan fingerprint density at radius 3 is 2.30 bits per heavy atom. The molecule has 20 heavy (non-hydrogen) atoms. The van der Waals surface area contributed by atoms with Gasteiger partial charge in [-0.25, -0.2) is 5.26 Å². The predicted octanol–water partition coefficient (Wildman–Crippen LogP) is 0.663. The summed E-state index contributed by atoms with van der Waals surface area (Å²) in [4.78, 5) is 12.3. The third kappa shape index (κ3) is 17.5. The summed E-state index contributed by atoms with van der Waals surface area (Å²) in [5.41, 5.74) is 0. The number of quaternary nitrogens is 1. The molecule has 0 saturated heterocycles. The molecule has 9 heteroatoms. The van der Waals surface area contributed by atoms with Gasteiger partial charge in [0.15, 0.2) is 0 Å². The number of aliphatic hydroxyl groups excluding tert-OH is 1. The molecule has 0 aliphatic rings. The number of nitrogens with zero attached hydrogens (tertiary/aromatic N) is 1. The molecule has 0 amide bonds. The number of nitrogens with two attached hydrogens (primary N) is 1. The molecule has 5 N–H and O–H groups in total. The predicted molar refractivity (Wildman–Crippen MR) is 77.8 cm³/mol. The molecule has 8 nitrogen and oxygen atoms in total. The highest BCUT2D eigenvalue weighted by molar-refractivity contribution is 7.40. The van der Waals surface area contributed by atoms with Gasteiger partial charge in [0.1, 0.15) is 18.8 Å². The molecule has 2 unspecified atom stereocenters. The number of terminal acetylenes is 1. The van der Waals surface area contributed by atoms with Gasteiger partial charge in [0, 0.05) is 0 Å². The monoisotopic (exact) mass is 315 g/mol. The van der Waals surface area contributed by atoms with Crippen LogP contribution in [-0.4, -0.2) is 59.6 Å². The van der Waals surface area contributed by atoms with Crippen molar-refractivity contribution in [2.24, 2.45) is 5.90 Å². The molecule has 2 atom stereocenters. The van der Waals surface area contributed by atoms with Crippen molar-refractivity contribution in [3.63, 3.8) is 0 Å². The van der Waals surface area contributed by atoms with Gasteiger partial charge in [0.05, 0.1) is 27.2 Å². The molecule has 0 aromatic rings. The first-order valence-corrected chi connectivity index (χ1v) is 6.70. The van der Waals surface area contributed by atoms with Crippen LogP contribution in [0.2, 0.25) is 0 Å². The van der Waals surface area contributed by atoms with Gasteiger partial charge in [-0.3, -0.25) is 0 Å². The van der Waals surface area contributed by atoms with Crippen LogP contribution in [0.15, 0.2) is 0 Å². The van der Waals surface area contributed by atoms with E-state index in [9.17, 15) is 5.11 Å².